The van der Waals surface area contributed by atoms with Gasteiger partial charge in [0.15, 0.2) is 0 Å². The number of aryl methyl sites for hydroxylation is 1. The quantitative estimate of drug-likeness (QED) is 0.325. The van der Waals surface area contributed by atoms with Gasteiger partial charge in [-0.1, -0.05) is 43.7 Å². The molecule has 1 aliphatic rings. The van der Waals surface area contributed by atoms with Crippen molar-refractivity contribution in [3.8, 4) is 17.0 Å². The summed E-state index contributed by atoms with van der Waals surface area (Å²) in [5.74, 6) is 1.71. The van der Waals surface area contributed by atoms with Crippen molar-refractivity contribution in [3.05, 3.63) is 76.2 Å². The summed E-state index contributed by atoms with van der Waals surface area (Å²) in [5, 5.41) is 0.774. The molecule has 0 unspecified atom stereocenters. The van der Waals surface area contributed by atoms with Crippen LogP contribution in [0.15, 0.2) is 64.4 Å². The van der Waals surface area contributed by atoms with Crippen molar-refractivity contribution < 1.29 is 4.74 Å². The summed E-state index contributed by atoms with van der Waals surface area (Å²) in [6, 6.07) is 18.5. The molecule has 28 heavy (non-hydrogen) atoms. The van der Waals surface area contributed by atoms with Crippen molar-refractivity contribution in [2.75, 3.05) is 6.61 Å². The first-order valence-corrected chi connectivity index (χ1v) is 10.8. The first-order valence-electron chi connectivity index (χ1n) is 9.79. The van der Waals surface area contributed by atoms with E-state index in [2.05, 4.69) is 36.2 Å². The summed E-state index contributed by atoms with van der Waals surface area (Å²) >= 11 is 1.60. The maximum absolute atomic E-state index is 12.6. The molecule has 0 saturated heterocycles. The molecular weight excluding hydrogens is 368 g/mol. The molecule has 1 aromatic heterocycles. The Kier molecular flexibility index (Phi) is 5.81. The van der Waals surface area contributed by atoms with E-state index in [-0.39, 0.29) is 5.69 Å². The molecule has 0 fully saturated rings. The second kappa shape index (κ2) is 8.65. The lowest BCUT2D eigenvalue weighted by atomic mass is 9.97. The molecule has 0 aliphatic carbocycles. The lowest BCUT2D eigenvalue weighted by Crippen LogP contribution is -2.28. The number of fused-ring (bicyclic) bond motifs is 3. The van der Waals surface area contributed by atoms with Crippen LogP contribution in [0.5, 0.6) is 5.75 Å². The molecule has 3 aromatic rings. The minimum Gasteiger partial charge on any atom is -0.494 e. The summed E-state index contributed by atoms with van der Waals surface area (Å²) in [5.41, 5.74) is 4.36. The van der Waals surface area contributed by atoms with E-state index in [1.807, 2.05) is 30.3 Å². The summed E-state index contributed by atoms with van der Waals surface area (Å²) in [6.45, 7) is 3.57. The number of nitrogens with zero attached hydrogens (tertiary/aromatic N) is 2. The monoisotopic (exact) mass is 392 g/mol. The smallest absolute Gasteiger partial charge is 0.349 e. The standard InChI is InChI=1S/C23H24N2O2S/c1-2-3-13-27-19-9-10-20-18(14-19)11-12-25-21(20)15-22(24-23(25)26)28-16-17-7-5-4-6-8-17/h4-10,14-15H,2-3,11-13,16H2,1H3. The molecular formula is C23H24N2O2S. The zero-order chi connectivity index (χ0) is 19.3. The highest BCUT2D eigenvalue weighted by molar-refractivity contribution is 7.98. The highest BCUT2D eigenvalue weighted by Gasteiger charge is 2.19. The van der Waals surface area contributed by atoms with Crippen LogP contribution in [0.25, 0.3) is 11.3 Å². The molecule has 0 bridgehead atoms. The molecule has 5 heteroatoms. The average molecular weight is 393 g/mol. The van der Waals surface area contributed by atoms with E-state index < -0.39 is 0 Å². The molecule has 4 rings (SSSR count). The highest BCUT2D eigenvalue weighted by Crippen LogP contribution is 2.33. The molecule has 0 N–H and O–H groups in total. The van der Waals surface area contributed by atoms with E-state index in [9.17, 15) is 4.79 Å². The first kappa shape index (κ1) is 18.8. The van der Waals surface area contributed by atoms with Crippen molar-refractivity contribution >= 4 is 11.8 Å². The minimum atomic E-state index is -0.165. The van der Waals surface area contributed by atoms with E-state index in [4.69, 9.17) is 4.74 Å². The van der Waals surface area contributed by atoms with E-state index in [1.54, 1.807) is 16.3 Å². The number of benzene rings is 2. The first-order chi connectivity index (χ1) is 13.7. The highest BCUT2D eigenvalue weighted by atomic mass is 32.2. The van der Waals surface area contributed by atoms with Crippen LogP contribution in [0, 0.1) is 0 Å². The fraction of sp³-hybridized carbons (Fsp3) is 0.304. The van der Waals surface area contributed by atoms with Gasteiger partial charge in [0.25, 0.3) is 0 Å². The Morgan fingerprint density at radius 3 is 2.82 bits per heavy atom. The van der Waals surface area contributed by atoms with E-state index in [0.29, 0.717) is 6.54 Å². The van der Waals surface area contributed by atoms with Crippen LogP contribution in [0.3, 0.4) is 0 Å². The number of aromatic nitrogens is 2. The van der Waals surface area contributed by atoms with E-state index >= 15 is 0 Å². The Morgan fingerprint density at radius 2 is 2.00 bits per heavy atom. The number of hydrogen-bond acceptors (Lipinski definition) is 4. The predicted octanol–water partition coefficient (Wildman–Crippen LogP) is 4.94. The number of unbranched alkanes of at least 4 members (excludes halogenated alkanes) is 1. The van der Waals surface area contributed by atoms with Gasteiger partial charge in [0.05, 0.1) is 12.3 Å². The Hall–Kier alpha value is -2.53. The van der Waals surface area contributed by atoms with Crippen molar-refractivity contribution in [2.45, 2.75) is 43.5 Å². The van der Waals surface area contributed by atoms with Crippen LogP contribution in [0.2, 0.25) is 0 Å². The summed E-state index contributed by atoms with van der Waals surface area (Å²) in [6.07, 6.45) is 3.01. The largest absolute Gasteiger partial charge is 0.494 e. The zero-order valence-corrected chi connectivity index (χ0v) is 16.9. The Balaban J connectivity index is 1.59. The van der Waals surface area contributed by atoms with Crippen LogP contribution in [0.4, 0.5) is 0 Å². The van der Waals surface area contributed by atoms with Gasteiger partial charge in [-0.2, -0.15) is 4.98 Å². The summed E-state index contributed by atoms with van der Waals surface area (Å²) < 4.78 is 7.63. The van der Waals surface area contributed by atoms with Gasteiger partial charge in [-0.05, 0) is 48.2 Å². The molecule has 2 aromatic carbocycles. The Bertz CT molecular complexity index is 1010. The van der Waals surface area contributed by atoms with Crippen molar-refractivity contribution in [3.63, 3.8) is 0 Å². The molecule has 0 amide bonds. The van der Waals surface area contributed by atoms with Gasteiger partial charge in [-0.15, -0.1) is 11.8 Å². The van der Waals surface area contributed by atoms with Gasteiger partial charge < -0.3 is 4.74 Å². The van der Waals surface area contributed by atoms with E-state index in [1.165, 1.54) is 11.1 Å². The third-order valence-electron chi connectivity index (χ3n) is 4.94. The predicted molar refractivity (Wildman–Crippen MR) is 114 cm³/mol. The van der Waals surface area contributed by atoms with Gasteiger partial charge in [0.1, 0.15) is 10.8 Å². The van der Waals surface area contributed by atoms with Crippen LogP contribution < -0.4 is 10.4 Å². The van der Waals surface area contributed by atoms with Crippen molar-refractivity contribution in [1.29, 1.82) is 0 Å². The zero-order valence-electron chi connectivity index (χ0n) is 16.1. The fourth-order valence-corrected chi connectivity index (χ4v) is 4.26. The maximum Gasteiger partial charge on any atom is 0.349 e. The van der Waals surface area contributed by atoms with Crippen molar-refractivity contribution in [1.82, 2.24) is 9.55 Å². The van der Waals surface area contributed by atoms with Crippen LogP contribution in [-0.2, 0) is 18.7 Å². The number of ether oxygens (including phenoxy) is 1. The average Bonchev–Trinajstić information content (AvgIpc) is 2.73. The lowest BCUT2D eigenvalue weighted by Gasteiger charge is -2.22. The van der Waals surface area contributed by atoms with Gasteiger partial charge in [0, 0.05) is 17.9 Å². The molecule has 0 radical (unpaired) electrons. The topological polar surface area (TPSA) is 44.1 Å². The Morgan fingerprint density at radius 1 is 1.14 bits per heavy atom. The summed E-state index contributed by atoms with van der Waals surface area (Å²) in [4.78, 5) is 16.8. The number of rotatable bonds is 7. The second-order valence-corrected chi connectivity index (χ2v) is 7.95. The minimum absolute atomic E-state index is 0.165. The normalized spacial score (nSPS) is 12.3. The number of thioether (sulfide) groups is 1. The molecule has 0 atom stereocenters. The fourth-order valence-electron chi connectivity index (χ4n) is 3.41. The van der Waals surface area contributed by atoms with Gasteiger partial charge in [-0.3, -0.25) is 4.57 Å². The van der Waals surface area contributed by atoms with E-state index in [0.717, 1.165) is 53.7 Å². The van der Waals surface area contributed by atoms with Crippen LogP contribution in [-0.4, -0.2) is 16.2 Å². The van der Waals surface area contributed by atoms with Crippen LogP contribution >= 0.6 is 11.8 Å². The number of hydrogen-bond donors (Lipinski definition) is 0. The van der Waals surface area contributed by atoms with Gasteiger partial charge >= 0.3 is 5.69 Å². The third-order valence-corrected chi connectivity index (χ3v) is 5.92. The summed E-state index contributed by atoms with van der Waals surface area (Å²) in [7, 11) is 0. The lowest BCUT2D eigenvalue weighted by molar-refractivity contribution is 0.309. The molecule has 1 aliphatic heterocycles. The molecule has 4 nitrogen and oxygen atoms in total. The van der Waals surface area contributed by atoms with Gasteiger partial charge in [0.2, 0.25) is 0 Å². The van der Waals surface area contributed by atoms with Gasteiger partial charge in [-0.25, -0.2) is 4.79 Å². The molecule has 144 valence electrons. The van der Waals surface area contributed by atoms with Crippen molar-refractivity contribution in [2.24, 2.45) is 0 Å². The molecule has 0 saturated carbocycles. The third kappa shape index (κ3) is 4.14. The Labute approximate surface area is 169 Å². The SMILES string of the molecule is CCCCOc1ccc2c(c1)CCn1c-2cc(SCc2ccccc2)nc1=O. The molecule has 0 spiro atoms. The van der Waals surface area contributed by atoms with Crippen LogP contribution in [0.1, 0.15) is 30.9 Å². The second-order valence-electron chi connectivity index (χ2n) is 6.96. The molecule has 2 heterocycles. The maximum atomic E-state index is 12.6.